The van der Waals surface area contributed by atoms with Crippen molar-refractivity contribution in [1.82, 2.24) is 10.5 Å². The molecular formula is C12H17N3O3. The van der Waals surface area contributed by atoms with Crippen LogP contribution in [0.2, 0.25) is 0 Å². The van der Waals surface area contributed by atoms with Gasteiger partial charge in [-0.15, -0.1) is 0 Å². The Labute approximate surface area is 105 Å². The van der Waals surface area contributed by atoms with Crippen LogP contribution in [0.15, 0.2) is 4.52 Å². The summed E-state index contributed by atoms with van der Waals surface area (Å²) in [5.74, 6) is -0.130. The Bertz CT molecular complexity index is 467. The molecule has 1 atom stereocenters. The van der Waals surface area contributed by atoms with Crippen molar-refractivity contribution in [1.29, 1.82) is 0 Å². The maximum atomic E-state index is 12.0. The molecule has 1 heterocycles. The Hall–Kier alpha value is -1.85. The van der Waals surface area contributed by atoms with E-state index in [9.17, 15) is 9.59 Å². The van der Waals surface area contributed by atoms with Crippen LogP contribution in [0.25, 0.3) is 0 Å². The highest BCUT2D eigenvalue weighted by Gasteiger charge is 2.26. The number of hydrogen-bond acceptors (Lipinski definition) is 4. The van der Waals surface area contributed by atoms with Gasteiger partial charge < -0.3 is 15.6 Å². The molecular weight excluding hydrogens is 234 g/mol. The normalized spacial score (nSPS) is 15.8. The van der Waals surface area contributed by atoms with Crippen LogP contribution in [0.5, 0.6) is 0 Å². The van der Waals surface area contributed by atoms with E-state index in [0.29, 0.717) is 12.1 Å². The van der Waals surface area contributed by atoms with Crippen molar-refractivity contribution < 1.29 is 14.1 Å². The minimum absolute atomic E-state index is 0.296. The van der Waals surface area contributed by atoms with Gasteiger partial charge in [0.15, 0.2) is 5.69 Å². The molecule has 1 aliphatic rings. The van der Waals surface area contributed by atoms with Crippen LogP contribution in [-0.2, 0) is 17.6 Å². The van der Waals surface area contributed by atoms with E-state index < -0.39 is 11.9 Å². The van der Waals surface area contributed by atoms with E-state index in [1.807, 2.05) is 0 Å². The van der Waals surface area contributed by atoms with Gasteiger partial charge in [0.1, 0.15) is 11.8 Å². The van der Waals surface area contributed by atoms with Crippen molar-refractivity contribution in [3.05, 3.63) is 17.0 Å². The second-order valence-electron chi connectivity index (χ2n) is 4.48. The van der Waals surface area contributed by atoms with Crippen LogP contribution < -0.4 is 11.1 Å². The molecule has 0 radical (unpaired) electrons. The highest BCUT2D eigenvalue weighted by atomic mass is 16.5. The smallest absolute Gasteiger partial charge is 0.274 e. The zero-order valence-electron chi connectivity index (χ0n) is 10.4. The molecule has 3 N–H and O–H groups in total. The number of primary amides is 1. The summed E-state index contributed by atoms with van der Waals surface area (Å²) in [5.41, 5.74) is 6.36. The molecule has 2 rings (SSSR count). The van der Waals surface area contributed by atoms with E-state index in [1.165, 1.54) is 0 Å². The first-order chi connectivity index (χ1) is 8.63. The molecule has 2 amide bonds. The Morgan fingerprint density at radius 1 is 1.44 bits per heavy atom. The number of nitrogens with two attached hydrogens (primary N) is 1. The number of amides is 2. The summed E-state index contributed by atoms with van der Waals surface area (Å²) in [4.78, 5) is 23.1. The molecule has 1 aliphatic carbocycles. The van der Waals surface area contributed by atoms with Gasteiger partial charge in [-0.3, -0.25) is 9.59 Å². The lowest BCUT2D eigenvalue weighted by Gasteiger charge is -2.13. The van der Waals surface area contributed by atoms with E-state index in [4.69, 9.17) is 10.3 Å². The standard InChI is InChI=1S/C12H17N3O3/c1-2-8(11(13)16)14-12(17)10-7-5-3-4-6-9(7)18-15-10/h8H,2-6H2,1H3,(H2,13,16)(H,14,17). The zero-order valence-corrected chi connectivity index (χ0v) is 10.4. The summed E-state index contributed by atoms with van der Waals surface area (Å²) in [6, 6.07) is -0.659. The van der Waals surface area contributed by atoms with Crippen molar-refractivity contribution in [3.63, 3.8) is 0 Å². The van der Waals surface area contributed by atoms with Crippen molar-refractivity contribution in [3.8, 4) is 0 Å². The third-order valence-corrected chi connectivity index (χ3v) is 3.22. The number of hydrogen-bond donors (Lipinski definition) is 2. The van der Waals surface area contributed by atoms with Gasteiger partial charge in [-0.25, -0.2) is 0 Å². The molecule has 0 aliphatic heterocycles. The number of carbonyl (C=O) groups excluding carboxylic acids is 2. The van der Waals surface area contributed by atoms with Crippen molar-refractivity contribution in [2.45, 2.75) is 45.1 Å². The van der Waals surface area contributed by atoms with E-state index in [1.54, 1.807) is 6.92 Å². The van der Waals surface area contributed by atoms with Gasteiger partial charge in [-0.05, 0) is 25.7 Å². The molecule has 98 valence electrons. The summed E-state index contributed by atoms with van der Waals surface area (Å²) < 4.78 is 5.16. The predicted octanol–water partition coefficient (Wildman–Crippen LogP) is 0.547. The zero-order chi connectivity index (χ0) is 13.1. The van der Waals surface area contributed by atoms with Gasteiger partial charge in [0.25, 0.3) is 5.91 Å². The van der Waals surface area contributed by atoms with E-state index in [-0.39, 0.29) is 5.91 Å². The van der Waals surface area contributed by atoms with Gasteiger partial charge >= 0.3 is 0 Å². The third kappa shape index (κ3) is 2.37. The fourth-order valence-corrected chi connectivity index (χ4v) is 2.16. The average Bonchev–Trinajstić information content (AvgIpc) is 2.79. The summed E-state index contributed by atoms with van der Waals surface area (Å²) >= 11 is 0. The maximum absolute atomic E-state index is 12.0. The maximum Gasteiger partial charge on any atom is 0.274 e. The average molecular weight is 251 g/mol. The van der Waals surface area contributed by atoms with Crippen LogP contribution in [0.3, 0.4) is 0 Å². The summed E-state index contributed by atoms with van der Waals surface area (Å²) in [7, 11) is 0. The Balaban J connectivity index is 2.14. The SMILES string of the molecule is CCC(NC(=O)c1noc2c1CCCC2)C(N)=O. The highest BCUT2D eigenvalue weighted by Crippen LogP contribution is 2.24. The van der Waals surface area contributed by atoms with Gasteiger partial charge in [-0.2, -0.15) is 0 Å². The number of nitrogens with zero attached hydrogens (tertiary/aromatic N) is 1. The fourth-order valence-electron chi connectivity index (χ4n) is 2.16. The second-order valence-corrected chi connectivity index (χ2v) is 4.48. The summed E-state index contributed by atoms with van der Waals surface area (Å²) in [5, 5.41) is 6.39. The van der Waals surface area contributed by atoms with Crippen molar-refractivity contribution in [2.24, 2.45) is 5.73 Å². The number of aromatic nitrogens is 1. The first-order valence-corrected chi connectivity index (χ1v) is 6.21. The summed E-state index contributed by atoms with van der Waals surface area (Å²) in [6.45, 7) is 1.79. The Morgan fingerprint density at radius 2 is 2.17 bits per heavy atom. The lowest BCUT2D eigenvalue weighted by Crippen LogP contribution is -2.44. The van der Waals surface area contributed by atoms with Gasteiger partial charge in [0.2, 0.25) is 5.91 Å². The minimum Gasteiger partial charge on any atom is -0.368 e. The number of aryl methyl sites for hydroxylation is 1. The van der Waals surface area contributed by atoms with Gasteiger partial charge in [0, 0.05) is 12.0 Å². The third-order valence-electron chi connectivity index (χ3n) is 3.22. The second kappa shape index (κ2) is 5.20. The van der Waals surface area contributed by atoms with Gasteiger partial charge in [0.05, 0.1) is 0 Å². The number of rotatable bonds is 4. The van der Waals surface area contributed by atoms with Crippen molar-refractivity contribution >= 4 is 11.8 Å². The first-order valence-electron chi connectivity index (χ1n) is 6.21. The molecule has 6 nitrogen and oxygen atoms in total. The monoisotopic (exact) mass is 251 g/mol. The number of fused-ring (bicyclic) bond motifs is 1. The fraction of sp³-hybridized carbons (Fsp3) is 0.583. The van der Waals surface area contributed by atoms with Crippen LogP contribution in [0, 0.1) is 0 Å². The molecule has 0 aromatic carbocycles. The molecule has 0 fully saturated rings. The quantitative estimate of drug-likeness (QED) is 0.816. The Morgan fingerprint density at radius 3 is 2.83 bits per heavy atom. The highest BCUT2D eigenvalue weighted by molar-refractivity contribution is 5.97. The van der Waals surface area contributed by atoms with E-state index in [0.717, 1.165) is 37.0 Å². The lowest BCUT2D eigenvalue weighted by atomic mass is 9.96. The first kappa shape index (κ1) is 12.6. The molecule has 6 heteroatoms. The molecule has 0 saturated heterocycles. The van der Waals surface area contributed by atoms with Crippen LogP contribution >= 0.6 is 0 Å². The molecule has 1 unspecified atom stereocenters. The molecule has 1 aromatic rings. The van der Waals surface area contributed by atoms with Crippen LogP contribution in [-0.4, -0.2) is 23.0 Å². The number of carbonyl (C=O) groups is 2. The lowest BCUT2D eigenvalue weighted by molar-refractivity contribution is -0.119. The molecule has 18 heavy (non-hydrogen) atoms. The van der Waals surface area contributed by atoms with Crippen LogP contribution in [0.1, 0.15) is 48.0 Å². The molecule has 0 bridgehead atoms. The largest absolute Gasteiger partial charge is 0.368 e. The van der Waals surface area contributed by atoms with Crippen LogP contribution in [0.4, 0.5) is 0 Å². The molecule has 1 aromatic heterocycles. The minimum atomic E-state index is -0.659. The summed E-state index contributed by atoms with van der Waals surface area (Å²) in [6.07, 6.45) is 4.17. The topological polar surface area (TPSA) is 98.2 Å². The van der Waals surface area contributed by atoms with Gasteiger partial charge in [-0.1, -0.05) is 12.1 Å². The molecule has 0 saturated carbocycles. The molecule has 0 spiro atoms. The van der Waals surface area contributed by atoms with E-state index >= 15 is 0 Å². The predicted molar refractivity (Wildman–Crippen MR) is 63.9 cm³/mol. The Kier molecular flexibility index (Phi) is 3.64. The number of nitrogens with one attached hydrogen (secondary N) is 1. The van der Waals surface area contributed by atoms with Crippen molar-refractivity contribution in [2.75, 3.05) is 0 Å². The van der Waals surface area contributed by atoms with E-state index in [2.05, 4.69) is 10.5 Å².